The smallest absolute Gasteiger partial charge is 0.485 e. The summed E-state index contributed by atoms with van der Waals surface area (Å²) in [7, 11) is 0. The largest absolute Gasteiger partial charge is 1.00 e. The molecule has 1 aromatic rings. The summed E-state index contributed by atoms with van der Waals surface area (Å²) in [6.07, 6.45) is 0. The Labute approximate surface area is 103 Å². The molecule has 0 saturated heterocycles. The van der Waals surface area contributed by atoms with Crippen LogP contribution >= 0.6 is 0 Å². The van der Waals surface area contributed by atoms with Gasteiger partial charge in [0.1, 0.15) is 6.61 Å². The van der Waals surface area contributed by atoms with Crippen LogP contribution in [0.1, 0.15) is 25.0 Å². The maximum absolute atomic E-state index is 5.55. The van der Waals surface area contributed by atoms with Crippen molar-refractivity contribution in [3.8, 4) is 0 Å². The molecule has 1 heterocycles. The van der Waals surface area contributed by atoms with Crippen LogP contribution in [0.5, 0.6) is 0 Å². The van der Waals surface area contributed by atoms with Gasteiger partial charge in [0, 0.05) is 0 Å². The van der Waals surface area contributed by atoms with Crippen LogP contribution in [0.25, 0.3) is 0 Å². The van der Waals surface area contributed by atoms with E-state index in [1.54, 1.807) is 0 Å². The van der Waals surface area contributed by atoms with Gasteiger partial charge in [-0.25, -0.2) is 0 Å². The first kappa shape index (κ1) is 12.2. The second-order valence-corrected chi connectivity index (χ2v) is 4.18. The fraction of sp³-hybridized carbons (Fsp3) is 0.333. The quantitative estimate of drug-likeness (QED) is 0.434. The minimum atomic E-state index is -0.0996. The van der Waals surface area contributed by atoms with E-state index in [0.29, 0.717) is 6.61 Å². The Kier molecular flexibility index (Phi) is 3.54. The molecule has 0 N–H and O–H groups in total. The van der Waals surface area contributed by atoms with Gasteiger partial charge < -0.3 is 4.74 Å². The maximum Gasteiger partial charge on any atom is 1.00 e. The Morgan fingerprint density at radius 2 is 2.00 bits per heavy atom. The number of hydrogen-bond acceptors (Lipinski definition) is 2. The van der Waals surface area contributed by atoms with Crippen molar-refractivity contribution in [2.24, 2.45) is 4.99 Å². The fourth-order valence-electron chi connectivity index (χ4n) is 1.45. The third-order valence-corrected chi connectivity index (χ3v) is 2.21. The van der Waals surface area contributed by atoms with Crippen LogP contribution in [0.15, 0.2) is 29.3 Å². The third kappa shape index (κ3) is 2.59. The third-order valence-electron chi connectivity index (χ3n) is 2.21. The van der Waals surface area contributed by atoms with Crippen molar-refractivity contribution < 1.29 is 23.6 Å². The van der Waals surface area contributed by atoms with Gasteiger partial charge in [-0.3, -0.25) is 4.99 Å². The van der Waals surface area contributed by atoms with Gasteiger partial charge >= 0.3 is 18.9 Å². The topological polar surface area (TPSA) is 21.6 Å². The first-order chi connectivity index (χ1) is 6.58. The number of rotatable bonds is 1. The minimum Gasteiger partial charge on any atom is -0.485 e. The van der Waals surface area contributed by atoms with E-state index in [9.17, 15) is 0 Å². The van der Waals surface area contributed by atoms with Crippen molar-refractivity contribution in [3.05, 3.63) is 42.3 Å². The Hall–Kier alpha value is -0.843. The molecule has 15 heavy (non-hydrogen) atoms. The van der Waals surface area contributed by atoms with Crippen molar-refractivity contribution in [1.29, 1.82) is 0 Å². The maximum atomic E-state index is 5.55. The SMILES string of the molecule is [CH2-]c1ccccc1C1=NC(C)(C)CO1.[Li+]. The molecule has 1 aliphatic heterocycles. The zero-order chi connectivity index (χ0) is 10.2. The van der Waals surface area contributed by atoms with E-state index in [1.165, 1.54) is 0 Å². The minimum absolute atomic E-state index is 0. The molecule has 1 aliphatic rings. The van der Waals surface area contributed by atoms with E-state index in [-0.39, 0.29) is 24.4 Å². The Balaban J connectivity index is 0.00000112. The molecule has 0 radical (unpaired) electrons. The number of nitrogens with zero attached hydrogens (tertiary/aromatic N) is 1. The number of hydrogen-bond donors (Lipinski definition) is 0. The second-order valence-electron chi connectivity index (χ2n) is 4.18. The summed E-state index contributed by atoms with van der Waals surface area (Å²) in [6, 6.07) is 7.89. The van der Waals surface area contributed by atoms with Gasteiger partial charge in [-0.15, -0.1) is 12.1 Å². The van der Waals surface area contributed by atoms with E-state index in [4.69, 9.17) is 4.74 Å². The van der Waals surface area contributed by atoms with Crippen LogP contribution < -0.4 is 18.9 Å². The average Bonchev–Trinajstić information content (AvgIpc) is 2.47. The fourth-order valence-corrected chi connectivity index (χ4v) is 1.45. The van der Waals surface area contributed by atoms with Crippen molar-refractivity contribution in [2.45, 2.75) is 19.4 Å². The summed E-state index contributed by atoms with van der Waals surface area (Å²) in [5, 5.41) is 0. The molecule has 2 rings (SSSR count). The second kappa shape index (κ2) is 4.34. The Morgan fingerprint density at radius 3 is 2.53 bits per heavy atom. The van der Waals surface area contributed by atoms with E-state index in [1.807, 2.05) is 24.3 Å². The van der Waals surface area contributed by atoms with E-state index in [2.05, 4.69) is 25.8 Å². The molecule has 0 amide bonds. The van der Waals surface area contributed by atoms with Gasteiger partial charge in [0.25, 0.3) is 0 Å². The molecule has 0 spiro atoms. The molecular weight excluding hydrogens is 181 g/mol. The first-order valence-corrected chi connectivity index (χ1v) is 4.72. The van der Waals surface area contributed by atoms with Crippen molar-refractivity contribution in [2.75, 3.05) is 6.61 Å². The van der Waals surface area contributed by atoms with Crippen LogP contribution in [-0.2, 0) is 4.74 Å². The molecule has 74 valence electrons. The molecule has 0 saturated carbocycles. The monoisotopic (exact) mass is 195 g/mol. The number of ether oxygens (including phenoxy) is 1. The van der Waals surface area contributed by atoms with Gasteiger partial charge in [-0.05, 0) is 13.8 Å². The summed E-state index contributed by atoms with van der Waals surface area (Å²) in [6.45, 7) is 8.72. The molecule has 0 bridgehead atoms. The normalized spacial score (nSPS) is 17.6. The number of benzene rings is 1. The molecule has 0 aromatic heterocycles. The van der Waals surface area contributed by atoms with Crippen molar-refractivity contribution >= 4 is 5.90 Å². The molecular formula is C12H14LiNO. The molecule has 0 atom stereocenters. The Morgan fingerprint density at radius 1 is 1.33 bits per heavy atom. The van der Waals surface area contributed by atoms with Gasteiger partial charge in [0.05, 0.1) is 5.54 Å². The predicted octanol–water partition coefficient (Wildman–Crippen LogP) is -0.572. The summed E-state index contributed by atoms with van der Waals surface area (Å²) in [5.74, 6) is 0.723. The molecule has 2 nitrogen and oxygen atoms in total. The summed E-state index contributed by atoms with van der Waals surface area (Å²) in [4.78, 5) is 4.51. The van der Waals surface area contributed by atoms with Crippen LogP contribution in [0, 0.1) is 6.92 Å². The standard InChI is InChI=1S/C12H14NO.Li/c1-9-6-4-5-7-10(9)11-13-12(2,3)8-14-11;/h4-7H,1,8H2,2-3H3;/q-1;+1. The number of aliphatic imine (C=N–C) groups is 1. The zero-order valence-electron chi connectivity index (χ0n) is 9.58. The van der Waals surface area contributed by atoms with Gasteiger partial charge in [-0.1, -0.05) is 11.6 Å². The van der Waals surface area contributed by atoms with Crippen LogP contribution in [0.2, 0.25) is 0 Å². The van der Waals surface area contributed by atoms with Crippen LogP contribution in [0.3, 0.4) is 0 Å². The van der Waals surface area contributed by atoms with E-state index >= 15 is 0 Å². The van der Waals surface area contributed by atoms with Crippen LogP contribution in [0.4, 0.5) is 0 Å². The van der Waals surface area contributed by atoms with Crippen molar-refractivity contribution in [3.63, 3.8) is 0 Å². The molecule has 0 unspecified atom stereocenters. The van der Waals surface area contributed by atoms with Gasteiger partial charge in [-0.2, -0.15) is 18.6 Å². The Bertz CT molecular complexity index is 385. The van der Waals surface area contributed by atoms with E-state index < -0.39 is 0 Å². The molecule has 3 heteroatoms. The van der Waals surface area contributed by atoms with Crippen LogP contribution in [-0.4, -0.2) is 18.0 Å². The summed E-state index contributed by atoms with van der Waals surface area (Å²) in [5.41, 5.74) is 1.86. The summed E-state index contributed by atoms with van der Waals surface area (Å²) < 4.78 is 5.55. The molecule has 1 aromatic carbocycles. The van der Waals surface area contributed by atoms with Crippen molar-refractivity contribution in [1.82, 2.24) is 0 Å². The zero-order valence-corrected chi connectivity index (χ0v) is 9.58. The molecule has 0 aliphatic carbocycles. The average molecular weight is 195 g/mol. The van der Waals surface area contributed by atoms with Gasteiger partial charge in [0.2, 0.25) is 0 Å². The summed E-state index contributed by atoms with van der Waals surface area (Å²) >= 11 is 0. The van der Waals surface area contributed by atoms with E-state index in [0.717, 1.165) is 17.0 Å². The van der Waals surface area contributed by atoms with Gasteiger partial charge in [0.15, 0.2) is 5.90 Å². The first-order valence-electron chi connectivity index (χ1n) is 4.72. The predicted molar refractivity (Wildman–Crippen MR) is 57.5 cm³/mol. The molecule has 0 fully saturated rings.